The SMILES string of the molecule is CC(C)C(NC(=O)C1CCCN1C(=O)C(CCC(N)=O)NC(=O)C(N)Cc1c[nH]c2ccccc12)C(=O)O. The number of fused-ring (bicyclic) bond motifs is 1. The van der Waals surface area contributed by atoms with Gasteiger partial charge >= 0.3 is 5.97 Å². The fourth-order valence-electron chi connectivity index (χ4n) is 4.72. The number of aromatic nitrogens is 1. The van der Waals surface area contributed by atoms with Gasteiger partial charge in [-0.15, -0.1) is 0 Å². The molecule has 3 rings (SSSR count). The van der Waals surface area contributed by atoms with E-state index in [0.29, 0.717) is 12.8 Å². The van der Waals surface area contributed by atoms with Crippen molar-refractivity contribution in [3.63, 3.8) is 0 Å². The number of nitrogens with one attached hydrogen (secondary N) is 3. The number of nitrogens with zero attached hydrogens (tertiary/aromatic N) is 1. The van der Waals surface area contributed by atoms with Crippen LogP contribution in [0.5, 0.6) is 0 Å². The van der Waals surface area contributed by atoms with Gasteiger partial charge < -0.3 is 37.1 Å². The van der Waals surface area contributed by atoms with Crippen LogP contribution in [0.2, 0.25) is 0 Å². The monoisotopic (exact) mass is 528 g/mol. The second-order valence-electron chi connectivity index (χ2n) is 9.99. The molecule has 0 saturated carbocycles. The molecule has 1 saturated heterocycles. The minimum absolute atomic E-state index is 0.0612. The Morgan fingerprint density at radius 1 is 1.16 bits per heavy atom. The van der Waals surface area contributed by atoms with E-state index in [1.165, 1.54) is 4.90 Å². The topological polar surface area (TPSA) is 201 Å². The highest BCUT2D eigenvalue weighted by Gasteiger charge is 2.39. The number of para-hydroxylation sites is 1. The zero-order valence-electron chi connectivity index (χ0n) is 21.6. The number of rotatable bonds is 12. The Morgan fingerprint density at radius 2 is 1.87 bits per heavy atom. The molecule has 8 N–H and O–H groups in total. The van der Waals surface area contributed by atoms with Gasteiger partial charge in [0.15, 0.2) is 0 Å². The fourth-order valence-corrected chi connectivity index (χ4v) is 4.72. The molecule has 38 heavy (non-hydrogen) atoms. The molecule has 12 heteroatoms. The van der Waals surface area contributed by atoms with E-state index < -0.39 is 53.8 Å². The van der Waals surface area contributed by atoms with Crippen LogP contribution in [-0.2, 0) is 30.4 Å². The van der Waals surface area contributed by atoms with Gasteiger partial charge in [-0.25, -0.2) is 4.79 Å². The Bertz CT molecular complexity index is 1190. The Labute approximate surface area is 220 Å². The number of amides is 4. The summed E-state index contributed by atoms with van der Waals surface area (Å²) in [6.45, 7) is 3.60. The zero-order valence-corrected chi connectivity index (χ0v) is 21.6. The molecule has 1 aliphatic heterocycles. The summed E-state index contributed by atoms with van der Waals surface area (Å²) in [4.78, 5) is 66.9. The molecular formula is C26H36N6O6. The van der Waals surface area contributed by atoms with Gasteiger partial charge in [0.1, 0.15) is 18.1 Å². The number of carbonyl (C=O) groups is 5. The third-order valence-electron chi connectivity index (χ3n) is 6.81. The Balaban J connectivity index is 1.72. The molecule has 0 aliphatic carbocycles. The van der Waals surface area contributed by atoms with E-state index in [4.69, 9.17) is 11.5 Å². The van der Waals surface area contributed by atoms with E-state index in [-0.39, 0.29) is 31.7 Å². The Morgan fingerprint density at radius 3 is 2.53 bits per heavy atom. The second kappa shape index (κ2) is 12.5. The van der Waals surface area contributed by atoms with Crippen LogP contribution in [0.1, 0.15) is 45.1 Å². The molecule has 1 aromatic carbocycles. The maximum atomic E-state index is 13.5. The van der Waals surface area contributed by atoms with E-state index in [0.717, 1.165) is 16.5 Å². The van der Waals surface area contributed by atoms with Crippen LogP contribution in [0.25, 0.3) is 10.9 Å². The van der Waals surface area contributed by atoms with Crippen molar-refractivity contribution < 1.29 is 29.1 Å². The van der Waals surface area contributed by atoms with Crippen molar-refractivity contribution in [3.05, 3.63) is 36.0 Å². The van der Waals surface area contributed by atoms with E-state index >= 15 is 0 Å². The number of hydrogen-bond donors (Lipinski definition) is 6. The van der Waals surface area contributed by atoms with Gasteiger partial charge in [-0.1, -0.05) is 32.0 Å². The summed E-state index contributed by atoms with van der Waals surface area (Å²) in [7, 11) is 0. The number of nitrogens with two attached hydrogens (primary N) is 2. The molecule has 206 valence electrons. The van der Waals surface area contributed by atoms with Crippen LogP contribution in [0.4, 0.5) is 0 Å². The lowest BCUT2D eigenvalue weighted by Gasteiger charge is -2.30. The number of H-pyrrole nitrogens is 1. The van der Waals surface area contributed by atoms with Gasteiger partial charge in [-0.05, 0) is 43.2 Å². The van der Waals surface area contributed by atoms with Crippen molar-refractivity contribution in [1.29, 1.82) is 0 Å². The summed E-state index contributed by atoms with van der Waals surface area (Å²) in [5, 5.41) is 15.5. The van der Waals surface area contributed by atoms with Crippen LogP contribution >= 0.6 is 0 Å². The summed E-state index contributed by atoms with van der Waals surface area (Å²) >= 11 is 0. The molecular weight excluding hydrogens is 492 g/mol. The normalized spacial score (nSPS) is 17.7. The maximum absolute atomic E-state index is 13.5. The van der Waals surface area contributed by atoms with Crippen molar-refractivity contribution in [3.8, 4) is 0 Å². The molecule has 2 heterocycles. The number of aliphatic carboxylic acids is 1. The number of aromatic amines is 1. The highest BCUT2D eigenvalue weighted by Crippen LogP contribution is 2.21. The zero-order chi connectivity index (χ0) is 28.0. The highest BCUT2D eigenvalue weighted by molar-refractivity contribution is 5.95. The Hall–Kier alpha value is -3.93. The lowest BCUT2D eigenvalue weighted by Crippen LogP contribution is -2.57. The molecule has 0 radical (unpaired) electrons. The number of benzene rings is 1. The molecule has 0 bridgehead atoms. The summed E-state index contributed by atoms with van der Waals surface area (Å²) in [5.41, 5.74) is 13.2. The van der Waals surface area contributed by atoms with Gasteiger partial charge in [-0.3, -0.25) is 19.2 Å². The average molecular weight is 529 g/mol. The number of carboxylic acid groups (broad SMARTS) is 1. The molecule has 0 spiro atoms. The summed E-state index contributed by atoms with van der Waals surface area (Å²) in [5.74, 6) is -3.87. The number of carbonyl (C=O) groups excluding carboxylic acids is 4. The standard InChI is InChI=1S/C26H36N6O6/c1-14(2)22(26(37)38)31-24(35)20-8-5-11-32(20)25(36)19(9-10-21(28)33)30-23(34)17(27)12-15-13-29-18-7-4-3-6-16(15)18/h3-4,6-7,13-14,17,19-20,22,29H,5,8-12,27H2,1-2H3,(H2,28,33)(H,30,34)(H,31,35)(H,37,38). The molecule has 12 nitrogen and oxygen atoms in total. The van der Waals surface area contributed by atoms with Crippen molar-refractivity contribution in [2.75, 3.05) is 6.54 Å². The molecule has 4 amide bonds. The van der Waals surface area contributed by atoms with Crippen LogP contribution in [0.15, 0.2) is 30.5 Å². The predicted molar refractivity (Wildman–Crippen MR) is 139 cm³/mol. The van der Waals surface area contributed by atoms with Crippen LogP contribution in [-0.4, -0.2) is 75.3 Å². The highest BCUT2D eigenvalue weighted by atomic mass is 16.4. The van der Waals surface area contributed by atoms with Crippen molar-refractivity contribution in [2.24, 2.45) is 17.4 Å². The summed E-state index contributed by atoms with van der Waals surface area (Å²) in [6, 6.07) is 3.50. The third kappa shape index (κ3) is 6.88. The lowest BCUT2D eigenvalue weighted by atomic mass is 10.0. The van der Waals surface area contributed by atoms with Gasteiger partial charge in [0.2, 0.25) is 23.6 Å². The second-order valence-corrected chi connectivity index (χ2v) is 9.99. The molecule has 1 aliphatic rings. The molecule has 1 aromatic heterocycles. The van der Waals surface area contributed by atoms with Crippen molar-refractivity contribution >= 4 is 40.5 Å². The van der Waals surface area contributed by atoms with E-state index in [2.05, 4.69) is 15.6 Å². The molecule has 2 aromatic rings. The van der Waals surface area contributed by atoms with E-state index in [9.17, 15) is 29.1 Å². The van der Waals surface area contributed by atoms with Crippen molar-refractivity contribution in [1.82, 2.24) is 20.5 Å². The Kier molecular flexibility index (Phi) is 9.45. The van der Waals surface area contributed by atoms with Crippen LogP contribution in [0.3, 0.4) is 0 Å². The predicted octanol–water partition coefficient (Wildman–Crippen LogP) is 0.00440. The largest absolute Gasteiger partial charge is 0.480 e. The lowest BCUT2D eigenvalue weighted by molar-refractivity contribution is -0.145. The first-order chi connectivity index (χ1) is 18.0. The summed E-state index contributed by atoms with van der Waals surface area (Å²) < 4.78 is 0. The van der Waals surface area contributed by atoms with Gasteiger partial charge in [0, 0.05) is 30.1 Å². The van der Waals surface area contributed by atoms with Crippen molar-refractivity contribution in [2.45, 2.75) is 70.1 Å². The molecule has 4 unspecified atom stereocenters. The number of carboxylic acids is 1. The van der Waals surface area contributed by atoms with Gasteiger partial charge in [0.25, 0.3) is 0 Å². The minimum atomic E-state index is -1.17. The van der Waals surface area contributed by atoms with E-state index in [1.807, 2.05) is 24.3 Å². The number of likely N-dealkylation sites (tertiary alicyclic amines) is 1. The van der Waals surface area contributed by atoms with Gasteiger partial charge in [0.05, 0.1) is 6.04 Å². The third-order valence-corrected chi connectivity index (χ3v) is 6.81. The summed E-state index contributed by atoms with van der Waals surface area (Å²) in [6.07, 6.45) is 2.65. The molecule has 4 atom stereocenters. The average Bonchev–Trinajstić information content (AvgIpc) is 3.51. The first-order valence-corrected chi connectivity index (χ1v) is 12.7. The minimum Gasteiger partial charge on any atom is -0.480 e. The smallest absolute Gasteiger partial charge is 0.326 e. The van der Waals surface area contributed by atoms with Gasteiger partial charge in [-0.2, -0.15) is 0 Å². The van der Waals surface area contributed by atoms with E-state index in [1.54, 1.807) is 20.0 Å². The maximum Gasteiger partial charge on any atom is 0.326 e. The number of primary amides is 1. The van der Waals surface area contributed by atoms with Crippen LogP contribution < -0.4 is 22.1 Å². The quantitative estimate of drug-likeness (QED) is 0.222. The first kappa shape index (κ1) is 28.6. The molecule has 1 fully saturated rings. The first-order valence-electron chi connectivity index (χ1n) is 12.7. The van der Waals surface area contributed by atoms with Crippen LogP contribution in [0, 0.1) is 5.92 Å². The fraction of sp³-hybridized carbons (Fsp3) is 0.500. The number of hydrogen-bond acceptors (Lipinski definition) is 6.